The van der Waals surface area contributed by atoms with Crippen molar-refractivity contribution < 1.29 is 24.3 Å². The van der Waals surface area contributed by atoms with Crippen LogP contribution in [-0.4, -0.2) is 30.1 Å². The third-order valence-electron chi connectivity index (χ3n) is 3.67. The predicted molar refractivity (Wildman–Crippen MR) is 89.5 cm³/mol. The number of aliphatic hydroxyl groups excluding tert-OH is 1. The predicted octanol–water partition coefficient (Wildman–Crippen LogP) is 1.92. The molecular weight excluding hydrogens is 309 g/mol. The van der Waals surface area contributed by atoms with Crippen LogP contribution in [0.4, 0.5) is 4.39 Å². The Morgan fingerprint density at radius 1 is 1.17 bits per heavy atom. The van der Waals surface area contributed by atoms with E-state index >= 15 is 0 Å². The van der Waals surface area contributed by atoms with E-state index in [0.29, 0.717) is 30.8 Å². The molecular formula is C19H23FNO3+. The van der Waals surface area contributed by atoms with Crippen molar-refractivity contribution in [2.45, 2.75) is 26.0 Å². The van der Waals surface area contributed by atoms with Gasteiger partial charge in [0.25, 0.3) is 0 Å². The van der Waals surface area contributed by atoms with Crippen molar-refractivity contribution in [1.82, 2.24) is 0 Å². The molecule has 4 nitrogen and oxygen atoms in total. The highest BCUT2D eigenvalue weighted by atomic mass is 19.1. The minimum Gasteiger partial charge on any atom is -0.491 e. The van der Waals surface area contributed by atoms with Crippen LogP contribution in [-0.2, 0) is 6.54 Å². The van der Waals surface area contributed by atoms with Gasteiger partial charge in [0, 0.05) is 17.5 Å². The quantitative estimate of drug-likeness (QED) is 0.690. The molecule has 0 aliphatic carbocycles. The molecule has 0 heterocycles. The van der Waals surface area contributed by atoms with Crippen LogP contribution < -0.4 is 10.1 Å². The fraction of sp³-hybridized carbons (Fsp3) is 0.316. The molecule has 5 heteroatoms. The fourth-order valence-corrected chi connectivity index (χ4v) is 2.26. The number of carbonyl (C=O) groups is 1. The zero-order chi connectivity index (χ0) is 17.4. The lowest BCUT2D eigenvalue weighted by molar-refractivity contribution is -0.676. The van der Waals surface area contributed by atoms with Gasteiger partial charge in [-0.15, -0.1) is 0 Å². The second-order valence-electron chi connectivity index (χ2n) is 5.62. The highest BCUT2D eigenvalue weighted by molar-refractivity contribution is 5.95. The first-order chi connectivity index (χ1) is 11.6. The Morgan fingerprint density at radius 3 is 2.46 bits per heavy atom. The van der Waals surface area contributed by atoms with Crippen LogP contribution in [0.3, 0.4) is 0 Å². The van der Waals surface area contributed by atoms with Gasteiger partial charge in [0.2, 0.25) is 0 Å². The third kappa shape index (κ3) is 5.76. The molecule has 0 aliphatic rings. The van der Waals surface area contributed by atoms with Gasteiger partial charge in [0.15, 0.2) is 5.78 Å². The monoisotopic (exact) mass is 332 g/mol. The van der Waals surface area contributed by atoms with Crippen molar-refractivity contribution in [1.29, 1.82) is 0 Å². The van der Waals surface area contributed by atoms with E-state index in [9.17, 15) is 14.3 Å². The molecule has 0 spiro atoms. The van der Waals surface area contributed by atoms with Crippen molar-refractivity contribution in [3.8, 4) is 5.75 Å². The maximum atomic E-state index is 12.8. The van der Waals surface area contributed by atoms with Crippen molar-refractivity contribution in [2.24, 2.45) is 0 Å². The molecule has 128 valence electrons. The smallest absolute Gasteiger partial charge is 0.162 e. The van der Waals surface area contributed by atoms with E-state index in [1.165, 1.54) is 12.1 Å². The fourth-order valence-electron chi connectivity index (χ4n) is 2.26. The summed E-state index contributed by atoms with van der Waals surface area (Å²) in [5.41, 5.74) is 1.67. The summed E-state index contributed by atoms with van der Waals surface area (Å²) in [6.07, 6.45) is -0.134. The Morgan fingerprint density at radius 2 is 1.83 bits per heavy atom. The summed E-state index contributed by atoms with van der Waals surface area (Å²) in [4.78, 5) is 11.5. The number of halogens is 1. The highest BCUT2D eigenvalue weighted by Gasteiger charge is 2.09. The third-order valence-corrected chi connectivity index (χ3v) is 3.67. The summed E-state index contributed by atoms with van der Waals surface area (Å²) < 4.78 is 18.3. The second-order valence-corrected chi connectivity index (χ2v) is 5.62. The van der Waals surface area contributed by atoms with Gasteiger partial charge in [-0.2, -0.15) is 0 Å². The van der Waals surface area contributed by atoms with E-state index in [4.69, 9.17) is 4.74 Å². The van der Waals surface area contributed by atoms with E-state index in [-0.39, 0.29) is 18.2 Å². The lowest BCUT2D eigenvalue weighted by atomic mass is 10.1. The molecule has 0 fully saturated rings. The lowest BCUT2D eigenvalue weighted by Crippen LogP contribution is -2.85. The molecule has 1 atom stereocenters. The van der Waals surface area contributed by atoms with Gasteiger partial charge in [0.1, 0.15) is 37.4 Å². The first kappa shape index (κ1) is 18.1. The van der Waals surface area contributed by atoms with Crippen LogP contribution in [0.25, 0.3) is 0 Å². The van der Waals surface area contributed by atoms with Gasteiger partial charge in [0.05, 0.1) is 0 Å². The number of carbonyl (C=O) groups excluding carboxylic acids is 1. The number of quaternary nitrogens is 1. The maximum Gasteiger partial charge on any atom is 0.162 e. The zero-order valence-corrected chi connectivity index (χ0v) is 13.7. The molecule has 0 radical (unpaired) electrons. The van der Waals surface area contributed by atoms with Crippen LogP contribution in [0.5, 0.6) is 5.75 Å². The van der Waals surface area contributed by atoms with Crippen molar-refractivity contribution in [2.75, 3.05) is 13.2 Å². The summed E-state index contributed by atoms with van der Waals surface area (Å²) in [5, 5.41) is 11.9. The number of hydrogen-bond acceptors (Lipinski definition) is 3. The Hall–Kier alpha value is -2.24. The molecule has 0 amide bonds. The van der Waals surface area contributed by atoms with E-state index < -0.39 is 6.10 Å². The summed E-state index contributed by atoms with van der Waals surface area (Å²) in [6.45, 7) is 3.17. The topological polar surface area (TPSA) is 63.1 Å². The van der Waals surface area contributed by atoms with Crippen LogP contribution in [0.2, 0.25) is 0 Å². The molecule has 0 saturated carbocycles. The molecule has 24 heavy (non-hydrogen) atoms. The Kier molecular flexibility index (Phi) is 6.90. The van der Waals surface area contributed by atoms with Crippen LogP contribution in [0, 0.1) is 5.82 Å². The molecule has 0 aromatic heterocycles. The number of aliphatic hydroxyl groups is 1. The number of nitrogens with two attached hydrogens (primary N) is 1. The second kappa shape index (κ2) is 9.15. The van der Waals surface area contributed by atoms with Gasteiger partial charge in [-0.3, -0.25) is 4.79 Å². The molecule has 2 rings (SSSR count). The van der Waals surface area contributed by atoms with Gasteiger partial charge in [-0.25, -0.2) is 4.39 Å². The SMILES string of the molecule is CCC(=O)c1ccc(OC[C@@H](O)C[NH2+]Cc2ccc(F)cc2)cc1. The van der Waals surface area contributed by atoms with Gasteiger partial charge in [-0.1, -0.05) is 19.1 Å². The number of ketones is 1. The molecule has 3 N–H and O–H groups in total. The van der Waals surface area contributed by atoms with E-state index in [1.807, 2.05) is 12.2 Å². The van der Waals surface area contributed by atoms with Crippen LogP contribution in [0.15, 0.2) is 48.5 Å². The van der Waals surface area contributed by atoms with E-state index in [2.05, 4.69) is 0 Å². The minimum atomic E-state index is -0.609. The number of Topliss-reactive ketones (excluding diaryl/α,β-unsaturated/α-hetero) is 1. The first-order valence-electron chi connectivity index (χ1n) is 8.08. The number of hydrogen-bond donors (Lipinski definition) is 2. The summed E-state index contributed by atoms with van der Waals surface area (Å²) >= 11 is 0. The lowest BCUT2D eigenvalue weighted by Gasteiger charge is -2.12. The van der Waals surface area contributed by atoms with Gasteiger partial charge < -0.3 is 15.2 Å². The number of benzene rings is 2. The first-order valence-corrected chi connectivity index (χ1v) is 8.08. The Balaban J connectivity index is 1.69. The average molecular weight is 332 g/mol. The Labute approximate surface area is 141 Å². The van der Waals surface area contributed by atoms with Gasteiger partial charge >= 0.3 is 0 Å². The summed E-state index contributed by atoms with van der Waals surface area (Å²) in [7, 11) is 0. The highest BCUT2D eigenvalue weighted by Crippen LogP contribution is 2.13. The van der Waals surface area contributed by atoms with Crippen molar-refractivity contribution in [3.63, 3.8) is 0 Å². The maximum absolute atomic E-state index is 12.8. The van der Waals surface area contributed by atoms with Crippen LogP contribution >= 0.6 is 0 Å². The van der Waals surface area contributed by atoms with Crippen LogP contribution in [0.1, 0.15) is 29.3 Å². The largest absolute Gasteiger partial charge is 0.491 e. The summed E-state index contributed by atoms with van der Waals surface area (Å²) in [5.74, 6) is 0.469. The molecule has 0 unspecified atom stereocenters. The molecule has 2 aromatic carbocycles. The zero-order valence-electron chi connectivity index (χ0n) is 13.7. The minimum absolute atomic E-state index is 0.0944. The van der Waals surface area contributed by atoms with E-state index in [0.717, 1.165) is 5.56 Å². The normalized spacial score (nSPS) is 12.0. The molecule has 0 saturated heterocycles. The molecule has 2 aromatic rings. The average Bonchev–Trinajstić information content (AvgIpc) is 2.61. The number of ether oxygens (including phenoxy) is 1. The molecule has 0 aliphatic heterocycles. The molecule has 0 bridgehead atoms. The van der Waals surface area contributed by atoms with Gasteiger partial charge in [-0.05, 0) is 36.4 Å². The Bertz CT molecular complexity index is 641. The number of rotatable bonds is 9. The summed E-state index contributed by atoms with van der Waals surface area (Å²) in [6, 6.07) is 13.2. The standard InChI is InChI=1S/C19H22FNO3/c1-2-19(23)15-5-9-18(10-6-15)24-13-17(22)12-21-11-14-3-7-16(20)8-4-14/h3-10,17,21-22H,2,11-13H2,1H3/p+1/t17-/m0/s1. The van der Waals surface area contributed by atoms with Crippen molar-refractivity contribution in [3.05, 3.63) is 65.5 Å². The van der Waals surface area contributed by atoms with Crippen molar-refractivity contribution >= 4 is 5.78 Å². The van der Waals surface area contributed by atoms with E-state index in [1.54, 1.807) is 36.4 Å².